The number of aromatic nitrogens is 2. The van der Waals surface area contributed by atoms with Crippen LogP contribution in [0.1, 0.15) is 23.1 Å². The van der Waals surface area contributed by atoms with Gasteiger partial charge < -0.3 is 4.74 Å². The Kier molecular flexibility index (Phi) is 3.44. The lowest BCUT2D eigenvalue weighted by Gasteiger charge is -2.08. The summed E-state index contributed by atoms with van der Waals surface area (Å²) >= 11 is 0. The average Bonchev–Trinajstić information content (AvgIpc) is 2.89. The van der Waals surface area contributed by atoms with Crippen LogP contribution in [-0.4, -0.2) is 22.4 Å². The zero-order chi connectivity index (χ0) is 14.8. The van der Waals surface area contributed by atoms with Gasteiger partial charge in [-0.1, -0.05) is 36.4 Å². The van der Waals surface area contributed by atoms with Crippen molar-refractivity contribution in [3.63, 3.8) is 0 Å². The summed E-state index contributed by atoms with van der Waals surface area (Å²) in [7, 11) is 0. The highest BCUT2D eigenvalue weighted by Crippen LogP contribution is 2.23. The molecule has 1 heterocycles. The standard InChI is InChI=1S/C17H16N2O2/c1-3-21-17(20)15-11-12(2)19(18-15)16-10-6-8-13-7-4-5-9-14(13)16/h4-11H,3H2,1-2H3. The molecule has 0 aliphatic rings. The zero-order valence-electron chi connectivity index (χ0n) is 12.0. The number of aryl methyl sites for hydroxylation is 1. The SMILES string of the molecule is CCOC(=O)c1cc(C)n(-c2cccc3ccccc23)n1. The molecular weight excluding hydrogens is 264 g/mol. The number of rotatable bonds is 3. The molecule has 0 N–H and O–H groups in total. The maximum Gasteiger partial charge on any atom is 0.358 e. The summed E-state index contributed by atoms with van der Waals surface area (Å²) in [6.07, 6.45) is 0. The van der Waals surface area contributed by atoms with Crippen LogP contribution in [-0.2, 0) is 4.74 Å². The van der Waals surface area contributed by atoms with Gasteiger partial charge in [-0.3, -0.25) is 0 Å². The van der Waals surface area contributed by atoms with Gasteiger partial charge in [-0.05, 0) is 31.4 Å². The van der Waals surface area contributed by atoms with Crippen LogP contribution in [0.2, 0.25) is 0 Å². The van der Waals surface area contributed by atoms with E-state index < -0.39 is 0 Å². The number of carbonyl (C=O) groups is 1. The maximum absolute atomic E-state index is 11.8. The third-order valence-electron chi connectivity index (χ3n) is 3.37. The van der Waals surface area contributed by atoms with Gasteiger partial charge in [-0.25, -0.2) is 9.48 Å². The fourth-order valence-electron chi connectivity index (χ4n) is 2.42. The molecule has 21 heavy (non-hydrogen) atoms. The summed E-state index contributed by atoms with van der Waals surface area (Å²) in [5, 5.41) is 6.63. The highest BCUT2D eigenvalue weighted by atomic mass is 16.5. The lowest BCUT2D eigenvalue weighted by molar-refractivity contribution is 0.0519. The zero-order valence-corrected chi connectivity index (χ0v) is 12.0. The van der Waals surface area contributed by atoms with Gasteiger partial charge in [-0.15, -0.1) is 0 Å². The van der Waals surface area contributed by atoms with Gasteiger partial charge in [0.2, 0.25) is 0 Å². The van der Waals surface area contributed by atoms with E-state index in [-0.39, 0.29) is 5.97 Å². The van der Waals surface area contributed by atoms with E-state index in [1.807, 2.05) is 31.2 Å². The smallest absolute Gasteiger partial charge is 0.358 e. The van der Waals surface area contributed by atoms with Crippen molar-refractivity contribution in [2.75, 3.05) is 6.61 Å². The fraction of sp³-hybridized carbons (Fsp3) is 0.176. The molecule has 4 heteroatoms. The molecule has 0 amide bonds. The van der Waals surface area contributed by atoms with Crippen molar-refractivity contribution in [1.29, 1.82) is 0 Å². The molecule has 2 aromatic carbocycles. The maximum atomic E-state index is 11.8. The van der Waals surface area contributed by atoms with Crippen molar-refractivity contribution < 1.29 is 9.53 Å². The van der Waals surface area contributed by atoms with Crippen molar-refractivity contribution in [3.8, 4) is 5.69 Å². The molecule has 0 atom stereocenters. The van der Waals surface area contributed by atoms with Gasteiger partial charge in [0.15, 0.2) is 5.69 Å². The first-order chi connectivity index (χ1) is 10.2. The summed E-state index contributed by atoms with van der Waals surface area (Å²) in [5.41, 5.74) is 2.19. The van der Waals surface area contributed by atoms with Crippen LogP contribution in [0.3, 0.4) is 0 Å². The minimum atomic E-state index is -0.389. The normalized spacial score (nSPS) is 10.8. The number of esters is 1. The topological polar surface area (TPSA) is 44.1 Å². The molecule has 4 nitrogen and oxygen atoms in total. The second kappa shape index (κ2) is 5.40. The van der Waals surface area contributed by atoms with E-state index in [0.29, 0.717) is 12.3 Å². The van der Waals surface area contributed by atoms with E-state index in [9.17, 15) is 4.79 Å². The number of benzene rings is 2. The molecule has 0 unspecified atom stereocenters. The predicted molar refractivity (Wildman–Crippen MR) is 81.8 cm³/mol. The molecule has 0 fully saturated rings. The monoisotopic (exact) mass is 280 g/mol. The first-order valence-electron chi connectivity index (χ1n) is 6.92. The Morgan fingerprint density at radius 3 is 2.76 bits per heavy atom. The largest absolute Gasteiger partial charge is 0.461 e. The predicted octanol–water partition coefficient (Wildman–Crippen LogP) is 3.51. The average molecular weight is 280 g/mol. The highest BCUT2D eigenvalue weighted by Gasteiger charge is 2.15. The van der Waals surface area contributed by atoms with Gasteiger partial charge >= 0.3 is 5.97 Å². The van der Waals surface area contributed by atoms with Crippen LogP contribution in [0.5, 0.6) is 0 Å². The minimum Gasteiger partial charge on any atom is -0.461 e. The molecule has 3 aromatic rings. The minimum absolute atomic E-state index is 0.335. The Morgan fingerprint density at radius 1 is 1.19 bits per heavy atom. The highest BCUT2D eigenvalue weighted by molar-refractivity contribution is 5.91. The second-order valence-electron chi connectivity index (χ2n) is 4.80. The van der Waals surface area contributed by atoms with Crippen LogP contribution in [0, 0.1) is 6.92 Å². The van der Waals surface area contributed by atoms with Gasteiger partial charge in [0.05, 0.1) is 12.3 Å². The molecule has 0 spiro atoms. The molecule has 0 aliphatic heterocycles. The number of fused-ring (bicyclic) bond motifs is 1. The van der Waals surface area contributed by atoms with Crippen LogP contribution in [0.4, 0.5) is 0 Å². The number of hydrogen-bond acceptors (Lipinski definition) is 3. The van der Waals surface area contributed by atoms with E-state index in [0.717, 1.165) is 22.2 Å². The molecule has 3 rings (SSSR count). The first-order valence-corrected chi connectivity index (χ1v) is 6.92. The fourth-order valence-corrected chi connectivity index (χ4v) is 2.42. The summed E-state index contributed by atoms with van der Waals surface area (Å²) in [6, 6.07) is 15.9. The Bertz CT molecular complexity index is 800. The van der Waals surface area contributed by atoms with Gasteiger partial charge in [0.25, 0.3) is 0 Å². The molecule has 106 valence electrons. The van der Waals surface area contributed by atoms with Crippen molar-refractivity contribution in [1.82, 2.24) is 9.78 Å². The van der Waals surface area contributed by atoms with E-state index in [2.05, 4.69) is 23.3 Å². The quantitative estimate of drug-likeness (QED) is 0.690. The third-order valence-corrected chi connectivity index (χ3v) is 3.37. The van der Waals surface area contributed by atoms with Crippen molar-refractivity contribution >= 4 is 16.7 Å². The van der Waals surface area contributed by atoms with Crippen molar-refractivity contribution in [2.45, 2.75) is 13.8 Å². The lowest BCUT2D eigenvalue weighted by Crippen LogP contribution is -2.07. The Morgan fingerprint density at radius 2 is 1.95 bits per heavy atom. The van der Waals surface area contributed by atoms with Crippen LogP contribution < -0.4 is 0 Å². The number of hydrogen-bond donors (Lipinski definition) is 0. The van der Waals surface area contributed by atoms with Gasteiger partial charge in [0.1, 0.15) is 0 Å². The van der Waals surface area contributed by atoms with Crippen LogP contribution in [0.15, 0.2) is 48.5 Å². The second-order valence-corrected chi connectivity index (χ2v) is 4.80. The number of carbonyl (C=O) groups excluding carboxylic acids is 1. The third kappa shape index (κ3) is 2.40. The van der Waals surface area contributed by atoms with E-state index in [1.54, 1.807) is 17.7 Å². The molecule has 0 bridgehead atoms. The molecule has 1 aromatic heterocycles. The number of ether oxygens (including phenoxy) is 1. The van der Waals surface area contributed by atoms with E-state index >= 15 is 0 Å². The van der Waals surface area contributed by atoms with Crippen molar-refractivity contribution in [2.24, 2.45) is 0 Å². The summed E-state index contributed by atoms with van der Waals surface area (Å²) in [6.45, 7) is 4.06. The summed E-state index contributed by atoms with van der Waals surface area (Å²) in [4.78, 5) is 11.8. The molecule has 0 saturated heterocycles. The van der Waals surface area contributed by atoms with E-state index in [1.165, 1.54) is 0 Å². The molecule has 0 radical (unpaired) electrons. The van der Waals surface area contributed by atoms with Crippen LogP contribution >= 0.6 is 0 Å². The van der Waals surface area contributed by atoms with Crippen LogP contribution in [0.25, 0.3) is 16.5 Å². The number of nitrogens with zero attached hydrogens (tertiary/aromatic N) is 2. The molecular formula is C17H16N2O2. The van der Waals surface area contributed by atoms with Gasteiger partial charge in [0, 0.05) is 11.1 Å². The van der Waals surface area contributed by atoms with Crippen molar-refractivity contribution in [3.05, 3.63) is 59.9 Å². The Hall–Kier alpha value is -2.62. The first kappa shape index (κ1) is 13.4. The van der Waals surface area contributed by atoms with Gasteiger partial charge in [-0.2, -0.15) is 5.10 Å². The summed E-state index contributed by atoms with van der Waals surface area (Å²) < 4.78 is 6.79. The summed E-state index contributed by atoms with van der Waals surface area (Å²) in [5.74, 6) is -0.389. The Balaban J connectivity index is 2.13. The molecule has 0 saturated carbocycles. The lowest BCUT2D eigenvalue weighted by atomic mass is 10.1. The van der Waals surface area contributed by atoms with E-state index in [4.69, 9.17) is 4.74 Å². The molecule has 0 aliphatic carbocycles. The Labute approximate surface area is 123 Å².